The van der Waals surface area contributed by atoms with Crippen LogP contribution in [0.15, 0.2) is 24.3 Å². The molecule has 0 fully saturated rings. The molecule has 1 rings (SSSR count). The summed E-state index contributed by atoms with van der Waals surface area (Å²) >= 11 is 0. The smallest absolute Gasteiger partial charge is 0.336 e. The van der Waals surface area contributed by atoms with Gasteiger partial charge in [-0.15, -0.1) is 0 Å². The third kappa shape index (κ3) is 4.44. The summed E-state index contributed by atoms with van der Waals surface area (Å²) in [5.74, 6) is -0.940. The van der Waals surface area contributed by atoms with E-state index in [-0.39, 0.29) is 18.2 Å². The Labute approximate surface area is 106 Å². The van der Waals surface area contributed by atoms with E-state index < -0.39 is 5.97 Å². The molecule has 1 aromatic rings. The zero-order valence-corrected chi connectivity index (χ0v) is 10.4. The number of nitrogens with one attached hydrogen (secondary N) is 1. The number of methoxy groups -OCH3 is 1. The molecule has 0 aromatic heterocycles. The first-order valence-electron chi connectivity index (χ1n) is 5.83. The summed E-state index contributed by atoms with van der Waals surface area (Å²) in [7, 11) is 1.61. The van der Waals surface area contributed by atoms with Crippen LogP contribution in [-0.2, 0) is 11.3 Å². The number of aliphatic hydroxyl groups is 1. The molecule has 0 radical (unpaired) electrons. The Morgan fingerprint density at radius 3 is 2.78 bits per heavy atom. The van der Waals surface area contributed by atoms with Gasteiger partial charge in [0.25, 0.3) is 0 Å². The van der Waals surface area contributed by atoms with Gasteiger partial charge in [0.2, 0.25) is 0 Å². The SMILES string of the molecule is COCCC(CO)NCc1ccccc1C(=O)O. The van der Waals surface area contributed by atoms with Crippen LogP contribution in [0, 0.1) is 0 Å². The van der Waals surface area contributed by atoms with Gasteiger partial charge in [0.1, 0.15) is 0 Å². The second kappa shape index (κ2) is 7.81. The minimum absolute atomic E-state index is 0.00139. The summed E-state index contributed by atoms with van der Waals surface area (Å²) in [6, 6.07) is 6.74. The summed E-state index contributed by atoms with van der Waals surface area (Å²) in [6.07, 6.45) is 0.683. The molecular weight excluding hydrogens is 234 g/mol. The normalized spacial score (nSPS) is 12.3. The van der Waals surface area contributed by atoms with Gasteiger partial charge in [0.05, 0.1) is 12.2 Å². The van der Waals surface area contributed by atoms with Crippen LogP contribution in [0.1, 0.15) is 22.3 Å². The highest BCUT2D eigenvalue weighted by atomic mass is 16.5. The molecule has 0 saturated carbocycles. The van der Waals surface area contributed by atoms with Crippen molar-refractivity contribution in [2.75, 3.05) is 20.3 Å². The standard InChI is InChI=1S/C13H19NO4/c1-18-7-6-11(9-15)14-8-10-4-2-3-5-12(10)13(16)17/h2-5,11,14-15H,6-9H2,1H3,(H,16,17). The van der Waals surface area contributed by atoms with Gasteiger partial charge in [0, 0.05) is 26.3 Å². The number of benzene rings is 1. The maximum atomic E-state index is 11.0. The molecule has 3 N–H and O–H groups in total. The van der Waals surface area contributed by atoms with Crippen LogP contribution in [0.4, 0.5) is 0 Å². The number of carbonyl (C=O) groups is 1. The number of rotatable bonds is 8. The molecule has 5 heteroatoms. The molecule has 0 aliphatic carbocycles. The van der Waals surface area contributed by atoms with Crippen LogP contribution in [0.3, 0.4) is 0 Å². The maximum absolute atomic E-state index is 11.0. The van der Waals surface area contributed by atoms with Crippen molar-refractivity contribution in [1.29, 1.82) is 0 Å². The van der Waals surface area contributed by atoms with Gasteiger partial charge in [-0.3, -0.25) is 0 Å². The molecule has 0 bridgehead atoms. The lowest BCUT2D eigenvalue weighted by atomic mass is 10.1. The van der Waals surface area contributed by atoms with Crippen LogP contribution in [0.2, 0.25) is 0 Å². The average molecular weight is 253 g/mol. The third-order valence-corrected chi connectivity index (χ3v) is 2.72. The van der Waals surface area contributed by atoms with Crippen molar-refractivity contribution in [2.24, 2.45) is 0 Å². The van der Waals surface area contributed by atoms with E-state index in [1.54, 1.807) is 31.4 Å². The first-order chi connectivity index (χ1) is 8.69. The Balaban J connectivity index is 2.59. The molecular formula is C13H19NO4. The molecule has 5 nitrogen and oxygen atoms in total. The van der Waals surface area contributed by atoms with Crippen molar-refractivity contribution in [3.05, 3.63) is 35.4 Å². The molecule has 0 amide bonds. The second-order valence-corrected chi connectivity index (χ2v) is 4.00. The van der Waals surface area contributed by atoms with Crippen molar-refractivity contribution in [3.8, 4) is 0 Å². The molecule has 0 spiro atoms. The monoisotopic (exact) mass is 253 g/mol. The Hall–Kier alpha value is -1.43. The van der Waals surface area contributed by atoms with Gasteiger partial charge in [-0.25, -0.2) is 4.79 Å². The zero-order valence-electron chi connectivity index (χ0n) is 10.4. The molecule has 0 aliphatic heterocycles. The number of aromatic carboxylic acids is 1. The van der Waals surface area contributed by atoms with Crippen molar-refractivity contribution in [3.63, 3.8) is 0 Å². The quantitative estimate of drug-likeness (QED) is 0.640. The number of carboxylic acids is 1. The minimum Gasteiger partial charge on any atom is -0.478 e. The van der Waals surface area contributed by atoms with Gasteiger partial charge in [-0.05, 0) is 18.1 Å². The first kappa shape index (κ1) is 14.6. The lowest BCUT2D eigenvalue weighted by Gasteiger charge is -2.16. The Morgan fingerprint density at radius 1 is 1.44 bits per heavy atom. The third-order valence-electron chi connectivity index (χ3n) is 2.72. The van der Waals surface area contributed by atoms with Gasteiger partial charge in [0.15, 0.2) is 0 Å². The van der Waals surface area contributed by atoms with Crippen molar-refractivity contribution in [1.82, 2.24) is 5.32 Å². The lowest BCUT2D eigenvalue weighted by molar-refractivity contribution is 0.0695. The largest absolute Gasteiger partial charge is 0.478 e. The Kier molecular flexibility index (Phi) is 6.35. The summed E-state index contributed by atoms with van der Waals surface area (Å²) in [4.78, 5) is 11.0. The van der Waals surface area contributed by atoms with E-state index in [2.05, 4.69) is 5.32 Å². The van der Waals surface area contributed by atoms with Gasteiger partial charge in [-0.1, -0.05) is 18.2 Å². The van der Waals surface area contributed by atoms with E-state index >= 15 is 0 Å². The van der Waals surface area contributed by atoms with E-state index in [1.807, 2.05) is 0 Å². The highest BCUT2D eigenvalue weighted by Gasteiger charge is 2.11. The number of aliphatic hydroxyl groups excluding tert-OH is 1. The summed E-state index contributed by atoms with van der Waals surface area (Å²) in [5, 5.41) is 21.3. The average Bonchev–Trinajstić information content (AvgIpc) is 2.39. The fourth-order valence-corrected chi connectivity index (χ4v) is 1.66. The Morgan fingerprint density at radius 2 is 2.17 bits per heavy atom. The van der Waals surface area contributed by atoms with E-state index in [0.717, 1.165) is 0 Å². The van der Waals surface area contributed by atoms with Crippen molar-refractivity contribution < 1.29 is 19.7 Å². The van der Waals surface area contributed by atoms with Gasteiger partial charge in [-0.2, -0.15) is 0 Å². The molecule has 0 saturated heterocycles. The first-order valence-corrected chi connectivity index (χ1v) is 5.83. The molecule has 1 unspecified atom stereocenters. The molecule has 0 heterocycles. The Bertz CT molecular complexity index is 381. The summed E-state index contributed by atoms with van der Waals surface area (Å²) in [6.45, 7) is 0.967. The van der Waals surface area contributed by atoms with E-state index in [0.29, 0.717) is 25.1 Å². The molecule has 18 heavy (non-hydrogen) atoms. The predicted octanol–water partition coefficient (Wildman–Crippen LogP) is 0.872. The topological polar surface area (TPSA) is 78.8 Å². The van der Waals surface area contributed by atoms with Crippen LogP contribution in [-0.4, -0.2) is 42.5 Å². The highest BCUT2D eigenvalue weighted by molar-refractivity contribution is 5.89. The summed E-state index contributed by atoms with van der Waals surface area (Å²) in [5.41, 5.74) is 0.995. The molecule has 100 valence electrons. The van der Waals surface area contributed by atoms with E-state index in [1.165, 1.54) is 0 Å². The van der Waals surface area contributed by atoms with Crippen LogP contribution >= 0.6 is 0 Å². The maximum Gasteiger partial charge on any atom is 0.336 e. The number of carboxylic acid groups (broad SMARTS) is 1. The van der Waals surface area contributed by atoms with Gasteiger partial charge >= 0.3 is 5.97 Å². The zero-order chi connectivity index (χ0) is 13.4. The lowest BCUT2D eigenvalue weighted by Crippen LogP contribution is -2.33. The van der Waals surface area contributed by atoms with Crippen molar-refractivity contribution in [2.45, 2.75) is 19.0 Å². The van der Waals surface area contributed by atoms with E-state index in [9.17, 15) is 9.90 Å². The van der Waals surface area contributed by atoms with Crippen LogP contribution in [0.25, 0.3) is 0 Å². The van der Waals surface area contributed by atoms with Crippen LogP contribution < -0.4 is 5.32 Å². The number of ether oxygens (including phenoxy) is 1. The molecule has 1 aromatic carbocycles. The highest BCUT2D eigenvalue weighted by Crippen LogP contribution is 2.09. The number of hydrogen-bond acceptors (Lipinski definition) is 4. The second-order valence-electron chi connectivity index (χ2n) is 4.00. The van der Waals surface area contributed by atoms with Crippen molar-refractivity contribution >= 4 is 5.97 Å². The minimum atomic E-state index is -0.940. The fourth-order valence-electron chi connectivity index (χ4n) is 1.66. The predicted molar refractivity (Wildman–Crippen MR) is 67.6 cm³/mol. The van der Waals surface area contributed by atoms with E-state index in [4.69, 9.17) is 9.84 Å². The number of hydrogen-bond donors (Lipinski definition) is 3. The van der Waals surface area contributed by atoms with Gasteiger partial charge < -0.3 is 20.3 Å². The molecule has 0 aliphatic rings. The van der Waals surface area contributed by atoms with Crippen LogP contribution in [0.5, 0.6) is 0 Å². The summed E-state index contributed by atoms with van der Waals surface area (Å²) < 4.78 is 4.94. The molecule has 1 atom stereocenters. The fraction of sp³-hybridized carbons (Fsp3) is 0.462.